The molecule has 0 spiro atoms. The molecule has 4 nitrogen and oxygen atoms in total. The summed E-state index contributed by atoms with van der Waals surface area (Å²) in [7, 11) is 1.83. The quantitative estimate of drug-likeness (QED) is 0.831. The van der Waals surface area contributed by atoms with Crippen molar-refractivity contribution < 1.29 is 5.11 Å². The van der Waals surface area contributed by atoms with Crippen LogP contribution in [-0.4, -0.2) is 20.1 Å². The van der Waals surface area contributed by atoms with E-state index in [1.54, 1.807) is 4.68 Å². The molecule has 0 bridgehead atoms. The third-order valence-corrected chi connectivity index (χ3v) is 2.83. The fourth-order valence-electron chi connectivity index (χ4n) is 1.75. The second kappa shape index (κ2) is 4.06. The average molecular weight is 217 g/mol. The fraction of sp³-hybridized carbons (Fsp3) is 0.333. The SMILES string of the molecule is Cc1ccc(-c2c(CO)nnn2C)cc1C. The molecule has 0 radical (unpaired) electrons. The number of hydrogen-bond acceptors (Lipinski definition) is 3. The smallest absolute Gasteiger partial charge is 0.116 e. The Kier molecular flexibility index (Phi) is 2.75. The van der Waals surface area contributed by atoms with Crippen molar-refractivity contribution in [2.24, 2.45) is 7.05 Å². The number of hydrogen-bond donors (Lipinski definition) is 1. The van der Waals surface area contributed by atoms with Crippen molar-refractivity contribution in [2.75, 3.05) is 0 Å². The number of aliphatic hydroxyl groups excluding tert-OH is 1. The van der Waals surface area contributed by atoms with E-state index in [4.69, 9.17) is 0 Å². The topological polar surface area (TPSA) is 50.9 Å². The molecule has 0 aliphatic rings. The summed E-state index contributed by atoms with van der Waals surface area (Å²) in [4.78, 5) is 0. The molecule has 16 heavy (non-hydrogen) atoms. The Morgan fingerprint density at radius 3 is 2.62 bits per heavy atom. The molecule has 84 valence electrons. The molecule has 0 aliphatic carbocycles. The van der Waals surface area contributed by atoms with Gasteiger partial charge in [0.25, 0.3) is 0 Å². The lowest BCUT2D eigenvalue weighted by Crippen LogP contribution is -1.96. The lowest BCUT2D eigenvalue weighted by atomic mass is 10.0. The van der Waals surface area contributed by atoms with Crippen molar-refractivity contribution in [3.05, 3.63) is 35.0 Å². The second-order valence-corrected chi connectivity index (χ2v) is 3.97. The first-order valence-corrected chi connectivity index (χ1v) is 5.20. The Bertz CT molecular complexity index is 517. The summed E-state index contributed by atoms with van der Waals surface area (Å²) in [5.74, 6) is 0. The van der Waals surface area contributed by atoms with Crippen molar-refractivity contribution in [1.82, 2.24) is 15.0 Å². The maximum Gasteiger partial charge on any atom is 0.116 e. The monoisotopic (exact) mass is 217 g/mol. The summed E-state index contributed by atoms with van der Waals surface area (Å²) in [5.41, 5.74) is 5.02. The molecule has 1 aromatic heterocycles. The number of aryl methyl sites for hydroxylation is 3. The number of benzene rings is 1. The molecule has 0 aliphatic heterocycles. The van der Waals surface area contributed by atoms with Crippen molar-refractivity contribution >= 4 is 0 Å². The predicted molar refractivity (Wildman–Crippen MR) is 61.8 cm³/mol. The van der Waals surface area contributed by atoms with E-state index in [2.05, 4.69) is 36.3 Å². The lowest BCUT2D eigenvalue weighted by molar-refractivity contribution is 0.277. The van der Waals surface area contributed by atoms with Gasteiger partial charge in [-0.3, -0.25) is 0 Å². The van der Waals surface area contributed by atoms with Gasteiger partial charge < -0.3 is 5.11 Å². The van der Waals surface area contributed by atoms with Gasteiger partial charge in [0, 0.05) is 12.6 Å². The third-order valence-electron chi connectivity index (χ3n) is 2.83. The molecule has 0 fully saturated rings. The van der Waals surface area contributed by atoms with Gasteiger partial charge in [-0.1, -0.05) is 17.3 Å². The molecule has 0 saturated heterocycles. The average Bonchev–Trinajstić information content (AvgIpc) is 2.64. The summed E-state index contributed by atoms with van der Waals surface area (Å²) in [6.45, 7) is 4.06. The molecule has 2 aromatic rings. The van der Waals surface area contributed by atoms with E-state index < -0.39 is 0 Å². The Balaban J connectivity index is 2.57. The first-order valence-electron chi connectivity index (χ1n) is 5.20. The Labute approximate surface area is 94.5 Å². The predicted octanol–water partition coefficient (Wildman–Crippen LogP) is 1.59. The molecule has 1 N–H and O–H groups in total. The number of aromatic nitrogens is 3. The van der Waals surface area contributed by atoms with E-state index in [1.165, 1.54) is 11.1 Å². The molecule has 0 atom stereocenters. The minimum Gasteiger partial charge on any atom is -0.390 e. The molecule has 0 saturated carbocycles. The fourth-order valence-corrected chi connectivity index (χ4v) is 1.75. The van der Waals surface area contributed by atoms with Gasteiger partial charge in [0.15, 0.2) is 0 Å². The summed E-state index contributed by atoms with van der Waals surface area (Å²) < 4.78 is 1.69. The van der Waals surface area contributed by atoms with Crippen LogP contribution >= 0.6 is 0 Å². The van der Waals surface area contributed by atoms with Crippen LogP contribution in [0.25, 0.3) is 11.3 Å². The van der Waals surface area contributed by atoms with Crippen LogP contribution < -0.4 is 0 Å². The maximum absolute atomic E-state index is 9.20. The molecular formula is C12H15N3O. The summed E-state index contributed by atoms with van der Waals surface area (Å²) >= 11 is 0. The molecule has 0 amide bonds. The first kappa shape index (κ1) is 10.8. The van der Waals surface area contributed by atoms with Gasteiger partial charge in [-0.2, -0.15) is 0 Å². The first-order chi connectivity index (χ1) is 7.63. The highest BCUT2D eigenvalue weighted by Crippen LogP contribution is 2.23. The van der Waals surface area contributed by atoms with Gasteiger partial charge in [0.1, 0.15) is 5.69 Å². The Hall–Kier alpha value is -1.68. The molecule has 1 heterocycles. The largest absolute Gasteiger partial charge is 0.390 e. The van der Waals surface area contributed by atoms with E-state index in [1.807, 2.05) is 13.1 Å². The highest BCUT2D eigenvalue weighted by molar-refractivity contribution is 5.63. The van der Waals surface area contributed by atoms with Gasteiger partial charge in [-0.25, -0.2) is 4.68 Å². The van der Waals surface area contributed by atoms with Gasteiger partial charge in [-0.05, 0) is 31.0 Å². The van der Waals surface area contributed by atoms with Gasteiger partial charge in [0.05, 0.1) is 12.3 Å². The van der Waals surface area contributed by atoms with Crippen LogP contribution in [0.4, 0.5) is 0 Å². The zero-order valence-corrected chi connectivity index (χ0v) is 9.73. The van der Waals surface area contributed by atoms with Crippen molar-refractivity contribution in [3.8, 4) is 11.3 Å². The standard InChI is InChI=1S/C12H15N3O/c1-8-4-5-10(6-9(8)2)12-11(7-16)13-14-15(12)3/h4-6,16H,7H2,1-3H3. The van der Waals surface area contributed by atoms with Gasteiger partial charge in [0.2, 0.25) is 0 Å². The van der Waals surface area contributed by atoms with Gasteiger partial charge >= 0.3 is 0 Å². The van der Waals surface area contributed by atoms with Crippen LogP contribution in [0.1, 0.15) is 16.8 Å². The summed E-state index contributed by atoms with van der Waals surface area (Å²) in [6, 6.07) is 6.19. The minimum atomic E-state index is -0.0872. The van der Waals surface area contributed by atoms with E-state index >= 15 is 0 Å². The summed E-state index contributed by atoms with van der Waals surface area (Å²) in [5, 5.41) is 17.0. The minimum absolute atomic E-state index is 0.0872. The lowest BCUT2D eigenvalue weighted by Gasteiger charge is -2.06. The third kappa shape index (κ3) is 1.72. The molecule has 0 unspecified atom stereocenters. The van der Waals surface area contributed by atoms with Crippen LogP contribution in [0, 0.1) is 13.8 Å². The Morgan fingerprint density at radius 1 is 1.25 bits per heavy atom. The number of nitrogens with zero attached hydrogens (tertiary/aromatic N) is 3. The van der Waals surface area contributed by atoms with E-state index in [0.717, 1.165) is 11.3 Å². The van der Waals surface area contributed by atoms with Crippen LogP contribution in [0.5, 0.6) is 0 Å². The van der Waals surface area contributed by atoms with E-state index in [-0.39, 0.29) is 6.61 Å². The zero-order chi connectivity index (χ0) is 11.7. The molecule has 2 rings (SSSR count). The normalized spacial score (nSPS) is 10.8. The van der Waals surface area contributed by atoms with Crippen molar-refractivity contribution in [1.29, 1.82) is 0 Å². The van der Waals surface area contributed by atoms with Gasteiger partial charge in [-0.15, -0.1) is 5.10 Å². The Morgan fingerprint density at radius 2 is 2.00 bits per heavy atom. The number of aliphatic hydroxyl groups is 1. The number of rotatable bonds is 2. The summed E-state index contributed by atoms with van der Waals surface area (Å²) in [6.07, 6.45) is 0. The van der Waals surface area contributed by atoms with Crippen molar-refractivity contribution in [3.63, 3.8) is 0 Å². The maximum atomic E-state index is 9.20. The van der Waals surface area contributed by atoms with Crippen LogP contribution in [0.15, 0.2) is 18.2 Å². The van der Waals surface area contributed by atoms with E-state index in [0.29, 0.717) is 5.69 Å². The van der Waals surface area contributed by atoms with Crippen LogP contribution in [-0.2, 0) is 13.7 Å². The molecular weight excluding hydrogens is 202 g/mol. The molecule has 1 aromatic carbocycles. The van der Waals surface area contributed by atoms with Crippen LogP contribution in [0.2, 0.25) is 0 Å². The highest BCUT2D eigenvalue weighted by atomic mass is 16.3. The highest BCUT2D eigenvalue weighted by Gasteiger charge is 2.12. The van der Waals surface area contributed by atoms with Crippen molar-refractivity contribution in [2.45, 2.75) is 20.5 Å². The van der Waals surface area contributed by atoms with E-state index in [9.17, 15) is 5.11 Å². The van der Waals surface area contributed by atoms with Crippen LogP contribution in [0.3, 0.4) is 0 Å². The molecule has 4 heteroatoms. The zero-order valence-electron chi connectivity index (χ0n) is 9.73. The second-order valence-electron chi connectivity index (χ2n) is 3.97.